The number of nitrogens with one attached hydrogen (secondary N) is 2. The van der Waals surface area contributed by atoms with Crippen molar-refractivity contribution in [3.05, 3.63) is 48.7 Å². The van der Waals surface area contributed by atoms with Crippen molar-refractivity contribution < 1.29 is 9.59 Å². The zero-order chi connectivity index (χ0) is 24.0. The Bertz CT molecular complexity index is 1580. The van der Waals surface area contributed by atoms with Gasteiger partial charge >= 0.3 is 6.03 Å². The molecule has 0 aromatic carbocycles. The van der Waals surface area contributed by atoms with Gasteiger partial charge in [-0.3, -0.25) is 14.8 Å². The highest BCUT2D eigenvalue weighted by Gasteiger charge is 2.19. The lowest BCUT2D eigenvalue weighted by Crippen LogP contribution is -2.27. The standard InChI is InChI=1S/C21H19N11O2/c1-31(2)21(34)27-12-3-10(5-24-7-12)11-4-13-17(30-32(23)20(13)26-6-11)19-28-15-9-25-8-14(18(22)33)16(15)29-19/h3-9H,23H2,1-2H3,(H2,22,33)(H,27,34)(H,28,29). The SMILES string of the molecule is CN(C)C(=O)Nc1cncc(-c2cnc3c(c2)c(-c2nc4c(C(N)=O)cncc4[nH]2)nn3N)c1. The number of pyridine rings is 3. The van der Waals surface area contributed by atoms with Crippen LogP contribution in [0.1, 0.15) is 10.4 Å². The fourth-order valence-corrected chi connectivity index (χ4v) is 3.48. The number of hydrogen-bond acceptors (Lipinski definition) is 8. The molecule has 0 spiro atoms. The molecule has 0 aliphatic rings. The lowest BCUT2D eigenvalue weighted by atomic mass is 10.1. The minimum absolute atomic E-state index is 0.193. The van der Waals surface area contributed by atoms with Gasteiger partial charge in [-0.1, -0.05) is 0 Å². The van der Waals surface area contributed by atoms with Crippen LogP contribution >= 0.6 is 0 Å². The molecule has 0 radical (unpaired) electrons. The molecule has 0 saturated heterocycles. The molecular formula is C21H19N11O2. The Kier molecular flexibility index (Phi) is 4.78. The molecule has 0 bridgehead atoms. The molecule has 3 amide bonds. The number of anilines is 1. The minimum atomic E-state index is -0.636. The Morgan fingerprint density at radius 2 is 1.82 bits per heavy atom. The topological polar surface area (TPSA) is 187 Å². The van der Waals surface area contributed by atoms with Crippen LogP contribution in [0.2, 0.25) is 0 Å². The number of carbonyl (C=O) groups is 2. The highest BCUT2D eigenvalue weighted by atomic mass is 16.2. The van der Waals surface area contributed by atoms with E-state index in [9.17, 15) is 9.59 Å². The summed E-state index contributed by atoms with van der Waals surface area (Å²) >= 11 is 0. The number of aromatic amines is 1. The predicted molar refractivity (Wildman–Crippen MR) is 125 cm³/mol. The monoisotopic (exact) mass is 457 g/mol. The summed E-state index contributed by atoms with van der Waals surface area (Å²) in [5, 5.41) is 7.75. The summed E-state index contributed by atoms with van der Waals surface area (Å²) in [6.45, 7) is 0. The molecule has 0 aliphatic heterocycles. The Morgan fingerprint density at radius 1 is 1.06 bits per heavy atom. The number of urea groups is 1. The number of carbonyl (C=O) groups excluding carboxylic acids is 2. The Balaban J connectivity index is 1.61. The molecule has 6 N–H and O–H groups in total. The number of nitrogens with two attached hydrogens (primary N) is 2. The summed E-state index contributed by atoms with van der Waals surface area (Å²) in [6, 6.07) is 3.37. The van der Waals surface area contributed by atoms with Crippen molar-refractivity contribution in [2.75, 3.05) is 25.3 Å². The van der Waals surface area contributed by atoms with Crippen LogP contribution in [0.5, 0.6) is 0 Å². The summed E-state index contributed by atoms with van der Waals surface area (Å²) in [5.41, 5.74) is 9.41. The van der Waals surface area contributed by atoms with Gasteiger partial charge < -0.3 is 26.8 Å². The lowest BCUT2D eigenvalue weighted by molar-refractivity contribution is 0.100. The smallest absolute Gasteiger partial charge is 0.321 e. The van der Waals surface area contributed by atoms with Crippen molar-refractivity contribution in [3.63, 3.8) is 0 Å². The van der Waals surface area contributed by atoms with E-state index in [1.165, 1.54) is 11.1 Å². The van der Waals surface area contributed by atoms with E-state index in [1.54, 1.807) is 44.9 Å². The van der Waals surface area contributed by atoms with Gasteiger partial charge in [0.25, 0.3) is 5.91 Å². The van der Waals surface area contributed by atoms with Crippen molar-refractivity contribution >= 4 is 39.7 Å². The number of hydrogen-bond donors (Lipinski definition) is 4. The third-order valence-electron chi connectivity index (χ3n) is 5.16. The number of imidazole rings is 1. The van der Waals surface area contributed by atoms with Gasteiger partial charge in [0.1, 0.15) is 11.2 Å². The van der Waals surface area contributed by atoms with E-state index in [2.05, 4.69) is 35.3 Å². The normalized spacial score (nSPS) is 11.1. The third-order valence-corrected chi connectivity index (χ3v) is 5.16. The van der Waals surface area contributed by atoms with Crippen molar-refractivity contribution in [3.8, 4) is 22.6 Å². The third kappa shape index (κ3) is 3.50. The molecule has 13 heteroatoms. The van der Waals surface area contributed by atoms with E-state index in [0.717, 1.165) is 15.9 Å². The summed E-state index contributed by atoms with van der Waals surface area (Å²) in [6.07, 6.45) is 7.76. The van der Waals surface area contributed by atoms with Gasteiger partial charge in [0.15, 0.2) is 11.5 Å². The molecular weight excluding hydrogens is 438 g/mol. The number of fused-ring (bicyclic) bond motifs is 2. The van der Waals surface area contributed by atoms with E-state index in [1.807, 2.05) is 6.07 Å². The zero-order valence-corrected chi connectivity index (χ0v) is 18.1. The highest BCUT2D eigenvalue weighted by Crippen LogP contribution is 2.30. The van der Waals surface area contributed by atoms with Gasteiger partial charge in [-0.25, -0.2) is 14.8 Å². The van der Waals surface area contributed by atoms with Gasteiger partial charge in [-0.05, 0) is 12.1 Å². The second-order valence-corrected chi connectivity index (χ2v) is 7.71. The fraction of sp³-hybridized carbons (Fsp3) is 0.0952. The average molecular weight is 457 g/mol. The molecule has 170 valence electrons. The van der Waals surface area contributed by atoms with Gasteiger partial charge in [0.2, 0.25) is 0 Å². The second-order valence-electron chi connectivity index (χ2n) is 7.71. The van der Waals surface area contributed by atoms with Crippen LogP contribution in [0.25, 0.3) is 44.7 Å². The number of aromatic nitrogens is 7. The molecule has 0 unspecified atom stereocenters. The largest absolute Gasteiger partial charge is 0.365 e. The quantitative estimate of drug-likeness (QED) is 0.291. The number of nitrogens with zero attached hydrogens (tertiary/aromatic N) is 7. The van der Waals surface area contributed by atoms with Gasteiger partial charge in [0, 0.05) is 43.8 Å². The predicted octanol–water partition coefficient (Wildman–Crippen LogP) is 1.34. The van der Waals surface area contributed by atoms with E-state index in [-0.39, 0.29) is 11.6 Å². The van der Waals surface area contributed by atoms with Crippen molar-refractivity contribution in [1.29, 1.82) is 0 Å². The first-order valence-corrected chi connectivity index (χ1v) is 10.0. The number of primary amides is 1. The Hall–Kier alpha value is -5.07. The molecule has 34 heavy (non-hydrogen) atoms. The molecule has 0 saturated carbocycles. The summed E-state index contributed by atoms with van der Waals surface area (Å²) in [5.74, 6) is 5.78. The zero-order valence-electron chi connectivity index (χ0n) is 18.1. The van der Waals surface area contributed by atoms with Gasteiger partial charge in [-0.2, -0.15) is 4.79 Å². The molecule has 5 rings (SSSR count). The summed E-state index contributed by atoms with van der Waals surface area (Å²) in [4.78, 5) is 46.6. The lowest BCUT2D eigenvalue weighted by Gasteiger charge is -2.12. The van der Waals surface area contributed by atoms with Crippen molar-refractivity contribution in [2.45, 2.75) is 0 Å². The van der Waals surface area contributed by atoms with Crippen molar-refractivity contribution in [2.24, 2.45) is 5.73 Å². The van der Waals surface area contributed by atoms with Crippen LogP contribution in [0.3, 0.4) is 0 Å². The van der Waals surface area contributed by atoms with E-state index < -0.39 is 5.91 Å². The number of nitrogen functional groups attached to an aromatic ring is 1. The molecule has 5 heterocycles. The summed E-state index contributed by atoms with van der Waals surface area (Å²) < 4.78 is 0. The maximum atomic E-state index is 12.0. The molecule has 0 fully saturated rings. The number of H-pyrrole nitrogens is 1. The molecule has 0 atom stereocenters. The summed E-state index contributed by atoms with van der Waals surface area (Å²) in [7, 11) is 3.30. The first-order chi connectivity index (χ1) is 16.3. The van der Waals surface area contributed by atoms with Crippen LogP contribution in [-0.2, 0) is 0 Å². The van der Waals surface area contributed by atoms with Crippen molar-refractivity contribution in [1.82, 2.24) is 39.7 Å². The van der Waals surface area contributed by atoms with Crippen LogP contribution in [0.4, 0.5) is 10.5 Å². The average Bonchev–Trinajstić information content (AvgIpc) is 3.39. The fourth-order valence-electron chi connectivity index (χ4n) is 3.48. The molecule has 13 nitrogen and oxygen atoms in total. The van der Waals surface area contributed by atoms with Crippen LogP contribution in [-0.4, -0.2) is 65.7 Å². The maximum Gasteiger partial charge on any atom is 0.321 e. The minimum Gasteiger partial charge on any atom is -0.365 e. The molecule has 0 aliphatic carbocycles. The van der Waals surface area contributed by atoms with Gasteiger partial charge in [0.05, 0.1) is 34.5 Å². The van der Waals surface area contributed by atoms with E-state index in [0.29, 0.717) is 39.3 Å². The maximum absolute atomic E-state index is 12.0. The first-order valence-electron chi connectivity index (χ1n) is 10.0. The molecule has 5 aromatic heterocycles. The van der Waals surface area contributed by atoms with Gasteiger partial charge in [-0.15, -0.1) is 5.10 Å². The first kappa shape index (κ1) is 20.8. The van der Waals surface area contributed by atoms with E-state index in [4.69, 9.17) is 11.6 Å². The van der Waals surface area contributed by atoms with Crippen LogP contribution in [0, 0.1) is 0 Å². The Labute approximate surface area is 191 Å². The van der Waals surface area contributed by atoms with E-state index >= 15 is 0 Å². The Morgan fingerprint density at radius 3 is 2.59 bits per heavy atom. The number of rotatable bonds is 4. The highest BCUT2D eigenvalue weighted by molar-refractivity contribution is 6.04. The molecule has 5 aromatic rings. The van der Waals surface area contributed by atoms with Crippen LogP contribution < -0.4 is 16.9 Å². The second kappa shape index (κ2) is 7.81. The number of amides is 3. The van der Waals surface area contributed by atoms with Crippen LogP contribution in [0.15, 0.2) is 43.1 Å².